The zero-order chi connectivity index (χ0) is 13.9. The molecule has 1 aromatic heterocycles. The summed E-state index contributed by atoms with van der Waals surface area (Å²) in [6, 6.07) is 4.39. The van der Waals surface area contributed by atoms with Gasteiger partial charge in [0.1, 0.15) is 0 Å². The van der Waals surface area contributed by atoms with Crippen LogP contribution >= 0.6 is 0 Å². The molecule has 0 bridgehead atoms. The van der Waals surface area contributed by atoms with Crippen LogP contribution in [0.4, 0.5) is 0 Å². The monoisotopic (exact) mass is 264 g/mol. The first kappa shape index (κ1) is 15.6. The first-order valence-electron chi connectivity index (χ1n) is 7.03. The summed E-state index contributed by atoms with van der Waals surface area (Å²) in [5, 5.41) is 3.47. The summed E-state index contributed by atoms with van der Waals surface area (Å²) in [5.74, 6) is -0.0828. The molecule has 1 aromatic rings. The lowest BCUT2D eigenvalue weighted by Crippen LogP contribution is -2.19. The van der Waals surface area contributed by atoms with Crippen molar-refractivity contribution < 1.29 is 9.53 Å². The third kappa shape index (κ3) is 6.91. The largest absolute Gasteiger partial charge is 0.466 e. The highest BCUT2D eigenvalue weighted by atomic mass is 16.5. The maximum Gasteiger partial charge on any atom is 0.305 e. The molecule has 106 valence electrons. The van der Waals surface area contributed by atoms with Crippen LogP contribution in [0.5, 0.6) is 0 Å². The van der Waals surface area contributed by atoms with Gasteiger partial charge in [-0.25, -0.2) is 0 Å². The minimum Gasteiger partial charge on any atom is -0.466 e. The molecule has 1 N–H and O–H groups in total. The molecule has 0 spiro atoms. The number of aromatic nitrogens is 1. The van der Waals surface area contributed by atoms with E-state index in [0.29, 0.717) is 19.1 Å². The number of carbonyl (C=O) groups is 1. The van der Waals surface area contributed by atoms with Gasteiger partial charge < -0.3 is 10.1 Å². The lowest BCUT2D eigenvalue weighted by atomic mass is 10.1. The number of carbonyl (C=O) groups excluding carboxylic acids is 1. The molecule has 0 aromatic carbocycles. The van der Waals surface area contributed by atoms with E-state index in [1.165, 1.54) is 5.56 Å². The van der Waals surface area contributed by atoms with Crippen LogP contribution in [0.1, 0.15) is 51.1 Å². The minimum absolute atomic E-state index is 0.0828. The Hall–Kier alpha value is -1.42. The van der Waals surface area contributed by atoms with E-state index in [-0.39, 0.29) is 5.97 Å². The van der Waals surface area contributed by atoms with Gasteiger partial charge in [-0.2, -0.15) is 0 Å². The molecule has 1 rings (SSSR count). The van der Waals surface area contributed by atoms with Crippen LogP contribution in [0, 0.1) is 0 Å². The van der Waals surface area contributed by atoms with Crippen molar-refractivity contribution in [3.05, 3.63) is 30.1 Å². The summed E-state index contributed by atoms with van der Waals surface area (Å²) < 4.78 is 4.88. The van der Waals surface area contributed by atoms with Crippen molar-refractivity contribution in [2.24, 2.45) is 0 Å². The van der Waals surface area contributed by atoms with Gasteiger partial charge in [0.25, 0.3) is 0 Å². The Bertz CT molecular complexity index is 354. The number of esters is 1. The summed E-state index contributed by atoms with van der Waals surface area (Å²) in [6.45, 7) is 5.42. The van der Waals surface area contributed by atoms with Crippen LogP contribution in [0.15, 0.2) is 24.5 Å². The fourth-order valence-electron chi connectivity index (χ4n) is 1.89. The Balaban J connectivity index is 2.03. The van der Waals surface area contributed by atoms with E-state index >= 15 is 0 Å². The van der Waals surface area contributed by atoms with E-state index in [2.05, 4.69) is 17.2 Å². The van der Waals surface area contributed by atoms with Crippen molar-refractivity contribution in [2.75, 3.05) is 13.2 Å². The van der Waals surface area contributed by atoms with Gasteiger partial charge in [0.2, 0.25) is 0 Å². The van der Waals surface area contributed by atoms with Crippen LogP contribution < -0.4 is 5.32 Å². The smallest absolute Gasteiger partial charge is 0.305 e. The van der Waals surface area contributed by atoms with Gasteiger partial charge in [-0.1, -0.05) is 6.42 Å². The Morgan fingerprint density at radius 1 is 1.32 bits per heavy atom. The molecular formula is C15H24N2O2. The number of unbranched alkanes of at least 4 members (excludes halogenated alkanes) is 2. The van der Waals surface area contributed by atoms with Crippen molar-refractivity contribution >= 4 is 5.97 Å². The molecule has 0 saturated carbocycles. The molecule has 1 unspecified atom stereocenters. The summed E-state index contributed by atoms with van der Waals surface area (Å²) in [4.78, 5) is 15.1. The predicted molar refractivity (Wildman–Crippen MR) is 75.8 cm³/mol. The van der Waals surface area contributed by atoms with Crippen molar-refractivity contribution in [3.8, 4) is 0 Å². The lowest BCUT2D eigenvalue weighted by molar-refractivity contribution is -0.143. The third-order valence-corrected chi connectivity index (χ3v) is 3.02. The maximum atomic E-state index is 11.1. The number of hydrogen-bond acceptors (Lipinski definition) is 4. The van der Waals surface area contributed by atoms with Gasteiger partial charge in [-0.15, -0.1) is 0 Å². The van der Waals surface area contributed by atoms with Crippen molar-refractivity contribution in [2.45, 2.75) is 45.6 Å². The Kier molecular flexibility index (Phi) is 7.82. The highest BCUT2D eigenvalue weighted by Crippen LogP contribution is 2.10. The van der Waals surface area contributed by atoms with E-state index in [1.807, 2.05) is 31.5 Å². The SMILES string of the molecule is CCOC(=O)CCCCCNC(C)c1ccncc1. The van der Waals surface area contributed by atoms with Gasteiger partial charge >= 0.3 is 5.97 Å². The second-order valence-electron chi connectivity index (χ2n) is 4.57. The summed E-state index contributed by atoms with van der Waals surface area (Å²) in [6.07, 6.45) is 7.20. The fourth-order valence-corrected chi connectivity index (χ4v) is 1.89. The number of nitrogens with one attached hydrogen (secondary N) is 1. The first-order chi connectivity index (χ1) is 9.24. The van der Waals surface area contributed by atoms with E-state index in [9.17, 15) is 4.79 Å². The zero-order valence-electron chi connectivity index (χ0n) is 11.9. The molecule has 4 nitrogen and oxygen atoms in total. The van der Waals surface area contributed by atoms with E-state index in [1.54, 1.807) is 0 Å². The predicted octanol–water partition coefficient (Wildman–Crippen LogP) is 2.86. The standard InChI is InChI=1S/C15H24N2O2/c1-3-19-15(18)7-5-4-6-10-17-13(2)14-8-11-16-12-9-14/h8-9,11-13,17H,3-7,10H2,1-2H3. The van der Waals surface area contributed by atoms with Crippen molar-refractivity contribution in [3.63, 3.8) is 0 Å². The van der Waals surface area contributed by atoms with Gasteiger partial charge in [0, 0.05) is 24.9 Å². The molecule has 0 aliphatic heterocycles. The number of pyridine rings is 1. The van der Waals surface area contributed by atoms with E-state index in [0.717, 1.165) is 25.8 Å². The summed E-state index contributed by atoms with van der Waals surface area (Å²) in [5.41, 5.74) is 1.25. The van der Waals surface area contributed by atoms with Crippen molar-refractivity contribution in [1.82, 2.24) is 10.3 Å². The number of rotatable bonds is 9. The first-order valence-corrected chi connectivity index (χ1v) is 7.03. The lowest BCUT2D eigenvalue weighted by Gasteiger charge is -2.13. The highest BCUT2D eigenvalue weighted by molar-refractivity contribution is 5.69. The highest BCUT2D eigenvalue weighted by Gasteiger charge is 2.04. The maximum absolute atomic E-state index is 11.1. The average Bonchev–Trinajstić information content (AvgIpc) is 2.43. The van der Waals surface area contributed by atoms with Crippen LogP contribution in [-0.4, -0.2) is 24.1 Å². The number of ether oxygens (including phenoxy) is 1. The fraction of sp³-hybridized carbons (Fsp3) is 0.600. The molecule has 0 saturated heterocycles. The van der Waals surface area contributed by atoms with Gasteiger partial charge in [0.05, 0.1) is 6.61 Å². The van der Waals surface area contributed by atoms with E-state index < -0.39 is 0 Å². The number of hydrogen-bond donors (Lipinski definition) is 1. The molecule has 1 atom stereocenters. The van der Waals surface area contributed by atoms with Crippen LogP contribution in [0.3, 0.4) is 0 Å². The van der Waals surface area contributed by atoms with Crippen molar-refractivity contribution in [1.29, 1.82) is 0 Å². The van der Waals surface area contributed by atoms with Crippen LogP contribution in [0.25, 0.3) is 0 Å². The summed E-state index contributed by atoms with van der Waals surface area (Å²) >= 11 is 0. The molecule has 19 heavy (non-hydrogen) atoms. The zero-order valence-corrected chi connectivity index (χ0v) is 11.9. The topological polar surface area (TPSA) is 51.2 Å². The van der Waals surface area contributed by atoms with Crippen LogP contribution in [0.2, 0.25) is 0 Å². The second-order valence-corrected chi connectivity index (χ2v) is 4.57. The van der Waals surface area contributed by atoms with E-state index in [4.69, 9.17) is 4.74 Å². The molecule has 1 heterocycles. The quantitative estimate of drug-likeness (QED) is 0.550. The molecule has 4 heteroatoms. The third-order valence-electron chi connectivity index (χ3n) is 3.02. The molecule has 0 aliphatic rings. The Labute approximate surface area is 115 Å². The molecule has 0 radical (unpaired) electrons. The molecular weight excluding hydrogens is 240 g/mol. The molecule has 0 fully saturated rings. The molecule has 0 aliphatic carbocycles. The summed E-state index contributed by atoms with van der Waals surface area (Å²) in [7, 11) is 0. The van der Waals surface area contributed by atoms with Crippen LogP contribution in [-0.2, 0) is 9.53 Å². The Morgan fingerprint density at radius 2 is 2.05 bits per heavy atom. The Morgan fingerprint density at radius 3 is 2.74 bits per heavy atom. The minimum atomic E-state index is -0.0828. The average molecular weight is 264 g/mol. The normalized spacial score (nSPS) is 12.1. The second kappa shape index (κ2) is 9.50. The van der Waals surface area contributed by atoms with Gasteiger partial charge in [-0.05, 0) is 50.9 Å². The molecule has 0 amide bonds. The van der Waals surface area contributed by atoms with Gasteiger partial charge in [0.15, 0.2) is 0 Å². The van der Waals surface area contributed by atoms with Gasteiger partial charge in [-0.3, -0.25) is 9.78 Å². The number of nitrogens with zero attached hydrogens (tertiary/aromatic N) is 1.